The highest BCUT2D eigenvalue weighted by Crippen LogP contribution is 2.42. The normalized spacial score (nSPS) is 25.2. The van der Waals surface area contributed by atoms with Crippen molar-refractivity contribution in [2.24, 2.45) is 11.3 Å². The molecule has 0 aromatic carbocycles. The lowest BCUT2D eigenvalue weighted by Gasteiger charge is -2.52. The third-order valence-corrected chi connectivity index (χ3v) is 4.22. The molecule has 1 N–H and O–H groups in total. The van der Waals surface area contributed by atoms with Crippen LogP contribution in [0.25, 0.3) is 0 Å². The first-order valence-electron chi connectivity index (χ1n) is 8.30. The van der Waals surface area contributed by atoms with Gasteiger partial charge in [0, 0.05) is 24.7 Å². The summed E-state index contributed by atoms with van der Waals surface area (Å²) in [6, 6.07) is 0.602. The topological polar surface area (TPSA) is 30.5 Å². The van der Waals surface area contributed by atoms with Crippen LogP contribution in [0.4, 0.5) is 0 Å². The van der Waals surface area contributed by atoms with Gasteiger partial charge in [0.1, 0.15) is 0 Å². The number of nitrogens with one attached hydrogen (secondary N) is 1. The minimum absolute atomic E-state index is 0.267. The smallest absolute Gasteiger partial charge is 0.0656 e. The fourth-order valence-corrected chi connectivity index (χ4v) is 2.65. The van der Waals surface area contributed by atoms with Crippen molar-refractivity contribution >= 4 is 0 Å². The highest BCUT2D eigenvalue weighted by atomic mass is 16.5. The quantitative estimate of drug-likeness (QED) is 0.622. The Morgan fingerprint density at radius 2 is 1.85 bits per heavy atom. The van der Waals surface area contributed by atoms with Gasteiger partial charge in [0.25, 0.3) is 0 Å². The van der Waals surface area contributed by atoms with Gasteiger partial charge >= 0.3 is 0 Å². The maximum atomic E-state index is 6.00. The summed E-state index contributed by atoms with van der Waals surface area (Å²) >= 11 is 0. The Morgan fingerprint density at radius 1 is 1.15 bits per heavy atom. The average Bonchev–Trinajstić information content (AvgIpc) is 2.34. The number of unbranched alkanes of at least 4 members (excludes halogenated alkanes) is 1. The van der Waals surface area contributed by atoms with Crippen LogP contribution >= 0.6 is 0 Å². The van der Waals surface area contributed by atoms with Crippen LogP contribution in [0.5, 0.6) is 0 Å². The molecule has 0 bridgehead atoms. The molecular formula is C17H35NO2. The number of rotatable bonds is 10. The van der Waals surface area contributed by atoms with Gasteiger partial charge < -0.3 is 14.8 Å². The van der Waals surface area contributed by atoms with Gasteiger partial charge in [-0.25, -0.2) is 0 Å². The predicted octanol–water partition coefficient (Wildman–Crippen LogP) is 3.62. The summed E-state index contributed by atoms with van der Waals surface area (Å²) in [4.78, 5) is 0. The Bertz CT molecular complexity index is 264. The Balaban J connectivity index is 2.08. The zero-order valence-electron chi connectivity index (χ0n) is 14.4. The van der Waals surface area contributed by atoms with Crippen molar-refractivity contribution in [1.82, 2.24) is 5.32 Å². The second-order valence-corrected chi connectivity index (χ2v) is 7.41. The lowest BCUT2D eigenvalue weighted by atomic mass is 9.64. The lowest BCUT2D eigenvalue weighted by Crippen LogP contribution is -2.61. The molecule has 120 valence electrons. The van der Waals surface area contributed by atoms with E-state index in [2.05, 4.69) is 46.9 Å². The zero-order valence-corrected chi connectivity index (χ0v) is 14.4. The summed E-state index contributed by atoms with van der Waals surface area (Å²) in [7, 11) is 0. The van der Waals surface area contributed by atoms with E-state index < -0.39 is 0 Å². The third kappa shape index (κ3) is 5.71. The standard InChI is InChI=1S/C17H35NO2/c1-13(2)12-20-16-11-15(17(16,5)6)18-9-7-8-10-19-14(3)4/h13-16,18H,7-12H2,1-6H3. The van der Waals surface area contributed by atoms with E-state index in [0.717, 1.165) is 32.6 Å². The molecule has 0 aromatic heterocycles. The second kappa shape index (κ2) is 8.35. The van der Waals surface area contributed by atoms with E-state index >= 15 is 0 Å². The Labute approximate surface area is 125 Å². The summed E-state index contributed by atoms with van der Waals surface area (Å²) in [5.74, 6) is 0.624. The molecule has 2 unspecified atom stereocenters. The van der Waals surface area contributed by atoms with Crippen molar-refractivity contribution in [3.63, 3.8) is 0 Å². The van der Waals surface area contributed by atoms with Crippen LogP contribution in [0.1, 0.15) is 60.8 Å². The maximum Gasteiger partial charge on any atom is 0.0656 e. The van der Waals surface area contributed by atoms with E-state index in [1.807, 2.05) is 0 Å². The van der Waals surface area contributed by atoms with E-state index in [4.69, 9.17) is 9.47 Å². The van der Waals surface area contributed by atoms with E-state index in [1.54, 1.807) is 0 Å². The van der Waals surface area contributed by atoms with Crippen LogP contribution in [-0.2, 0) is 9.47 Å². The molecule has 0 saturated heterocycles. The molecule has 3 nitrogen and oxygen atoms in total. The summed E-state index contributed by atoms with van der Waals surface area (Å²) in [5, 5.41) is 3.68. The summed E-state index contributed by atoms with van der Waals surface area (Å²) < 4.78 is 11.5. The SMILES string of the molecule is CC(C)COC1CC(NCCCCOC(C)C)C1(C)C. The fourth-order valence-electron chi connectivity index (χ4n) is 2.65. The zero-order chi connectivity index (χ0) is 15.2. The summed E-state index contributed by atoms with van der Waals surface area (Å²) in [5.41, 5.74) is 0.267. The monoisotopic (exact) mass is 285 g/mol. The van der Waals surface area contributed by atoms with Gasteiger partial charge in [0.15, 0.2) is 0 Å². The van der Waals surface area contributed by atoms with Gasteiger partial charge in [-0.05, 0) is 45.6 Å². The fraction of sp³-hybridized carbons (Fsp3) is 1.00. The van der Waals surface area contributed by atoms with Gasteiger partial charge in [-0.2, -0.15) is 0 Å². The molecule has 1 rings (SSSR count). The van der Waals surface area contributed by atoms with Gasteiger partial charge in [-0.3, -0.25) is 0 Å². The molecule has 1 aliphatic carbocycles. The van der Waals surface area contributed by atoms with Gasteiger partial charge in [-0.15, -0.1) is 0 Å². The number of hydrogen-bond donors (Lipinski definition) is 1. The first-order valence-corrected chi connectivity index (χ1v) is 8.30. The van der Waals surface area contributed by atoms with Crippen LogP contribution in [0.3, 0.4) is 0 Å². The van der Waals surface area contributed by atoms with Crippen molar-refractivity contribution in [2.45, 2.75) is 79.1 Å². The molecule has 20 heavy (non-hydrogen) atoms. The Hall–Kier alpha value is -0.120. The van der Waals surface area contributed by atoms with Crippen molar-refractivity contribution in [3.05, 3.63) is 0 Å². The van der Waals surface area contributed by atoms with Crippen LogP contribution in [0.2, 0.25) is 0 Å². The Morgan fingerprint density at radius 3 is 2.40 bits per heavy atom. The van der Waals surface area contributed by atoms with Crippen LogP contribution < -0.4 is 5.32 Å². The van der Waals surface area contributed by atoms with Crippen LogP contribution in [0.15, 0.2) is 0 Å². The number of ether oxygens (including phenoxy) is 2. The van der Waals surface area contributed by atoms with E-state index in [0.29, 0.717) is 24.2 Å². The van der Waals surface area contributed by atoms with Crippen LogP contribution in [0, 0.1) is 11.3 Å². The molecule has 1 aliphatic rings. The first kappa shape index (κ1) is 17.9. The van der Waals surface area contributed by atoms with Gasteiger partial charge in [0.05, 0.1) is 12.2 Å². The van der Waals surface area contributed by atoms with Crippen molar-refractivity contribution in [2.75, 3.05) is 19.8 Å². The molecule has 0 spiro atoms. The lowest BCUT2D eigenvalue weighted by molar-refractivity contribution is -0.123. The Kier molecular flexibility index (Phi) is 7.49. The summed E-state index contributed by atoms with van der Waals surface area (Å²) in [6.07, 6.45) is 4.27. The van der Waals surface area contributed by atoms with Crippen molar-refractivity contribution in [3.8, 4) is 0 Å². The maximum absolute atomic E-state index is 6.00. The minimum atomic E-state index is 0.267. The molecule has 1 saturated carbocycles. The predicted molar refractivity (Wildman–Crippen MR) is 85.1 cm³/mol. The molecule has 0 aliphatic heterocycles. The third-order valence-electron chi connectivity index (χ3n) is 4.22. The highest BCUT2D eigenvalue weighted by Gasteiger charge is 2.48. The molecule has 0 radical (unpaired) electrons. The second-order valence-electron chi connectivity index (χ2n) is 7.41. The molecule has 1 fully saturated rings. The highest BCUT2D eigenvalue weighted by molar-refractivity contribution is 5.02. The van der Waals surface area contributed by atoms with Crippen molar-refractivity contribution in [1.29, 1.82) is 0 Å². The van der Waals surface area contributed by atoms with E-state index in [1.165, 1.54) is 6.42 Å². The summed E-state index contributed by atoms with van der Waals surface area (Å²) in [6.45, 7) is 16.1. The largest absolute Gasteiger partial charge is 0.379 e. The molecule has 0 aromatic rings. The molecule has 0 amide bonds. The van der Waals surface area contributed by atoms with E-state index in [-0.39, 0.29) is 5.41 Å². The minimum Gasteiger partial charge on any atom is -0.379 e. The molecular weight excluding hydrogens is 250 g/mol. The van der Waals surface area contributed by atoms with Crippen molar-refractivity contribution < 1.29 is 9.47 Å². The molecule has 2 atom stereocenters. The van der Waals surface area contributed by atoms with Crippen LogP contribution in [-0.4, -0.2) is 38.0 Å². The van der Waals surface area contributed by atoms with Gasteiger partial charge in [-0.1, -0.05) is 27.7 Å². The van der Waals surface area contributed by atoms with Gasteiger partial charge in [0.2, 0.25) is 0 Å². The average molecular weight is 285 g/mol. The number of hydrogen-bond acceptors (Lipinski definition) is 3. The first-order chi connectivity index (χ1) is 9.34. The molecule has 3 heteroatoms. The molecule has 0 heterocycles. The van der Waals surface area contributed by atoms with E-state index in [9.17, 15) is 0 Å².